The van der Waals surface area contributed by atoms with Crippen LogP contribution in [0.4, 0.5) is 4.79 Å². The maximum Gasteiger partial charge on any atom is 0.412 e. The van der Waals surface area contributed by atoms with Gasteiger partial charge in [-0.05, 0) is 52.8 Å². The van der Waals surface area contributed by atoms with E-state index >= 15 is 0 Å². The molecule has 2 heterocycles. The first-order valence-electron chi connectivity index (χ1n) is 10.1. The summed E-state index contributed by atoms with van der Waals surface area (Å²) in [5.41, 5.74) is -1.93. The van der Waals surface area contributed by atoms with E-state index in [1.165, 1.54) is 4.90 Å². The third-order valence-electron chi connectivity index (χ3n) is 5.73. The van der Waals surface area contributed by atoms with Gasteiger partial charge in [-0.15, -0.1) is 0 Å². The Hall–Kier alpha value is -1.16. The van der Waals surface area contributed by atoms with Crippen LogP contribution in [0.1, 0.15) is 55.4 Å². The largest absolute Gasteiger partial charge is 0.460 e. The highest BCUT2D eigenvalue weighted by Gasteiger charge is 2.67. The normalized spacial score (nSPS) is 29.5. The van der Waals surface area contributed by atoms with Gasteiger partial charge in [0.2, 0.25) is 5.72 Å². The zero-order valence-corrected chi connectivity index (χ0v) is 20.5. The minimum Gasteiger partial charge on any atom is -0.460 e. The summed E-state index contributed by atoms with van der Waals surface area (Å²) in [6, 6.07) is 0. The number of likely N-dealkylation sites (tertiary alicyclic amines) is 1. The number of rotatable bonds is 5. The lowest BCUT2D eigenvalue weighted by Gasteiger charge is -2.42. The predicted molar refractivity (Wildman–Crippen MR) is 110 cm³/mol. The Labute approximate surface area is 175 Å². The molecule has 168 valence electrons. The lowest BCUT2D eigenvalue weighted by molar-refractivity contribution is -0.208. The zero-order valence-electron chi connectivity index (χ0n) is 19.5. The fourth-order valence-electron chi connectivity index (χ4n) is 3.33. The highest BCUT2D eigenvalue weighted by atomic mass is 28.4. The first-order valence-corrected chi connectivity index (χ1v) is 13.0. The van der Waals surface area contributed by atoms with Crippen molar-refractivity contribution in [3.63, 3.8) is 0 Å². The third-order valence-corrected chi connectivity index (χ3v) is 10.2. The molecule has 2 aliphatic rings. The molecule has 29 heavy (non-hydrogen) atoms. The average molecular weight is 432 g/mol. The Kier molecular flexibility index (Phi) is 6.24. The molecule has 0 saturated carbocycles. The van der Waals surface area contributed by atoms with Gasteiger partial charge in [-0.3, -0.25) is 9.69 Å². The van der Waals surface area contributed by atoms with Crippen LogP contribution in [0, 0.1) is 0 Å². The lowest BCUT2D eigenvalue weighted by atomic mass is 10.1. The molecular formula is C20H37NO7Si. The van der Waals surface area contributed by atoms with Crippen LogP contribution in [0.3, 0.4) is 0 Å². The summed E-state index contributed by atoms with van der Waals surface area (Å²) in [6.07, 6.45) is -1.91. The fourth-order valence-corrected chi connectivity index (χ4v) is 4.33. The molecule has 0 aromatic carbocycles. The number of hydrogen-bond acceptors (Lipinski definition) is 7. The van der Waals surface area contributed by atoms with E-state index in [1.54, 1.807) is 34.6 Å². The molecular weight excluding hydrogens is 394 g/mol. The van der Waals surface area contributed by atoms with Gasteiger partial charge < -0.3 is 23.4 Å². The molecule has 0 bridgehead atoms. The van der Waals surface area contributed by atoms with Crippen molar-refractivity contribution < 1.29 is 33.0 Å². The van der Waals surface area contributed by atoms with Gasteiger partial charge in [0.15, 0.2) is 20.2 Å². The maximum atomic E-state index is 13.1. The number of carbonyl (C=O) groups excluding carboxylic acids is 2. The summed E-state index contributed by atoms with van der Waals surface area (Å²) < 4.78 is 29.7. The summed E-state index contributed by atoms with van der Waals surface area (Å²) >= 11 is 0. The van der Waals surface area contributed by atoms with E-state index in [0.717, 1.165) is 0 Å². The van der Waals surface area contributed by atoms with Gasteiger partial charge in [0.05, 0.1) is 13.2 Å². The van der Waals surface area contributed by atoms with Crippen LogP contribution < -0.4 is 0 Å². The van der Waals surface area contributed by atoms with Gasteiger partial charge in [0.1, 0.15) is 11.7 Å². The van der Waals surface area contributed by atoms with Crippen LogP contribution in [0.25, 0.3) is 0 Å². The van der Waals surface area contributed by atoms with Crippen molar-refractivity contribution in [2.45, 2.75) is 103 Å². The SMILES string of the molecule is CC(C)(C)OC(=O)N1C[C@@H](OC=O)[C@H]2OC(C)(C)O[C@]21CO[Si](C)(C)C(C)(C)C. The van der Waals surface area contributed by atoms with E-state index in [2.05, 4.69) is 33.9 Å². The first kappa shape index (κ1) is 24.1. The van der Waals surface area contributed by atoms with Crippen molar-refractivity contribution in [3.05, 3.63) is 0 Å². The Balaban J connectivity index is 2.42. The molecule has 0 spiro atoms. The van der Waals surface area contributed by atoms with Crippen molar-refractivity contribution in [2.75, 3.05) is 13.2 Å². The van der Waals surface area contributed by atoms with E-state index in [1.807, 2.05) is 0 Å². The van der Waals surface area contributed by atoms with Crippen molar-refractivity contribution in [1.82, 2.24) is 4.90 Å². The second kappa shape index (κ2) is 7.51. The van der Waals surface area contributed by atoms with E-state index in [-0.39, 0.29) is 18.2 Å². The smallest absolute Gasteiger partial charge is 0.412 e. The van der Waals surface area contributed by atoms with Gasteiger partial charge in [-0.1, -0.05) is 20.8 Å². The number of hydrogen-bond donors (Lipinski definition) is 0. The van der Waals surface area contributed by atoms with E-state index < -0.39 is 43.7 Å². The van der Waals surface area contributed by atoms with E-state index in [0.29, 0.717) is 6.47 Å². The van der Waals surface area contributed by atoms with Crippen molar-refractivity contribution >= 4 is 20.9 Å². The quantitative estimate of drug-likeness (QED) is 0.485. The van der Waals surface area contributed by atoms with Crippen LogP contribution in [0.15, 0.2) is 0 Å². The molecule has 3 atom stereocenters. The van der Waals surface area contributed by atoms with Crippen LogP contribution in [-0.2, 0) is 28.2 Å². The van der Waals surface area contributed by atoms with Gasteiger partial charge in [-0.25, -0.2) is 4.79 Å². The Morgan fingerprint density at radius 1 is 1.21 bits per heavy atom. The molecule has 0 aliphatic carbocycles. The molecule has 0 radical (unpaired) electrons. The monoisotopic (exact) mass is 431 g/mol. The molecule has 9 heteroatoms. The number of ether oxygens (including phenoxy) is 4. The average Bonchev–Trinajstić information content (AvgIpc) is 2.92. The second-order valence-corrected chi connectivity index (χ2v) is 15.6. The maximum absolute atomic E-state index is 13.1. The van der Waals surface area contributed by atoms with Crippen LogP contribution in [-0.4, -0.2) is 68.3 Å². The molecule has 0 N–H and O–H groups in total. The van der Waals surface area contributed by atoms with Crippen LogP contribution in [0.5, 0.6) is 0 Å². The number of nitrogens with zero attached hydrogens (tertiary/aromatic N) is 1. The number of fused-ring (bicyclic) bond motifs is 1. The standard InChI is InChI=1S/C20H37NO7Si/c1-17(2,3)27-16(23)21-11-14(24-13-22)15-20(21,28-19(7,8)26-15)12-25-29(9,10)18(4,5)6/h13-15H,11-12H2,1-10H3/t14-,15-,20-/m1/s1. The highest BCUT2D eigenvalue weighted by Crippen LogP contribution is 2.47. The third kappa shape index (κ3) is 4.95. The number of amides is 1. The minimum atomic E-state index is -2.16. The van der Waals surface area contributed by atoms with Crippen molar-refractivity contribution in [2.24, 2.45) is 0 Å². The van der Waals surface area contributed by atoms with E-state index in [9.17, 15) is 9.59 Å². The number of carbonyl (C=O) groups is 2. The molecule has 2 saturated heterocycles. The summed E-state index contributed by atoms with van der Waals surface area (Å²) in [5, 5.41) is -0.0256. The van der Waals surface area contributed by atoms with Gasteiger partial charge in [-0.2, -0.15) is 0 Å². The molecule has 0 aromatic heterocycles. The fraction of sp³-hybridized carbons (Fsp3) is 0.900. The Bertz CT molecular complexity index is 638. The topological polar surface area (TPSA) is 83.5 Å². The van der Waals surface area contributed by atoms with Gasteiger partial charge in [0.25, 0.3) is 6.47 Å². The Morgan fingerprint density at radius 3 is 2.28 bits per heavy atom. The van der Waals surface area contributed by atoms with Crippen LogP contribution in [0.2, 0.25) is 18.1 Å². The predicted octanol–water partition coefficient (Wildman–Crippen LogP) is 3.65. The molecule has 0 unspecified atom stereocenters. The summed E-state index contributed by atoms with van der Waals surface area (Å²) in [7, 11) is -2.16. The summed E-state index contributed by atoms with van der Waals surface area (Å²) in [4.78, 5) is 25.6. The Morgan fingerprint density at radius 2 is 1.79 bits per heavy atom. The molecule has 2 fully saturated rings. The molecule has 1 amide bonds. The van der Waals surface area contributed by atoms with Gasteiger partial charge in [0, 0.05) is 0 Å². The molecule has 8 nitrogen and oxygen atoms in total. The molecule has 2 rings (SSSR count). The van der Waals surface area contributed by atoms with Crippen molar-refractivity contribution in [3.8, 4) is 0 Å². The second-order valence-electron chi connectivity index (χ2n) is 10.8. The van der Waals surface area contributed by atoms with Crippen LogP contribution >= 0.6 is 0 Å². The summed E-state index contributed by atoms with van der Waals surface area (Å²) in [6.45, 7) is 20.2. The lowest BCUT2D eigenvalue weighted by Crippen LogP contribution is -2.59. The summed E-state index contributed by atoms with van der Waals surface area (Å²) in [5.74, 6) is -0.980. The van der Waals surface area contributed by atoms with Crippen molar-refractivity contribution in [1.29, 1.82) is 0 Å². The van der Waals surface area contributed by atoms with Gasteiger partial charge >= 0.3 is 6.09 Å². The van der Waals surface area contributed by atoms with E-state index in [4.69, 9.17) is 23.4 Å². The highest BCUT2D eigenvalue weighted by molar-refractivity contribution is 6.74. The minimum absolute atomic E-state index is 0.0256. The first-order chi connectivity index (χ1) is 12.9. The zero-order chi connectivity index (χ0) is 22.5. The molecule has 0 aromatic rings. The molecule has 2 aliphatic heterocycles.